The Morgan fingerprint density at radius 1 is 1.22 bits per heavy atom. The Morgan fingerprint density at radius 3 is 2.89 bits per heavy atom. The van der Waals surface area contributed by atoms with Crippen LogP contribution in [0, 0.1) is 0 Å². The predicted octanol–water partition coefficient (Wildman–Crippen LogP) is 3.60. The minimum atomic E-state index is -0.379. The van der Waals surface area contributed by atoms with Crippen molar-refractivity contribution in [1.82, 2.24) is 10.3 Å². The number of carbonyl (C=O) groups is 1. The third-order valence-electron chi connectivity index (χ3n) is 5.13. The lowest BCUT2D eigenvalue weighted by Crippen LogP contribution is -2.43. The summed E-state index contributed by atoms with van der Waals surface area (Å²) in [5, 5.41) is 4.78. The van der Waals surface area contributed by atoms with Crippen molar-refractivity contribution in [1.29, 1.82) is 0 Å². The number of aromatic nitrogens is 1. The fraction of sp³-hybridized carbons (Fsp3) is 0.300. The fourth-order valence-corrected chi connectivity index (χ4v) is 5.02. The summed E-state index contributed by atoms with van der Waals surface area (Å²) in [5.41, 5.74) is 2.98. The van der Waals surface area contributed by atoms with Gasteiger partial charge in [0, 0.05) is 37.9 Å². The van der Waals surface area contributed by atoms with Gasteiger partial charge in [-0.25, -0.2) is 4.98 Å². The minimum Gasteiger partial charge on any atom is -0.426 e. The molecule has 27 heavy (non-hydrogen) atoms. The van der Waals surface area contributed by atoms with E-state index < -0.39 is 0 Å². The number of esters is 1. The van der Waals surface area contributed by atoms with Gasteiger partial charge in [0.05, 0.1) is 15.2 Å². The summed E-state index contributed by atoms with van der Waals surface area (Å²) in [6.45, 7) is 3.86. The van der Waals surface area contributed by atoms with E-state index in [4.69, 9.17) is 16.3 Å². The first kappa shape index (κ1) is 17.0. The van der Waals surface area contributed by atoms with E-state index in [0.717, 1.165) is 52.7 Å². The number of rotatable bonds is 2. The number of benzene rings is 2. The molecule has 3 aromatic rings. The maximum absolute atomic E-state index is 12.7. The molecule has 2 aliphatic rings. The molecule has 5 nitrogen and oxygen atoms in total. The first-order chi connectivity index (χ1) is 13.2. The maximum atomic E-state index is 12.7. The second kappa shape index (κ2) is 6.78. The molecular formula is C20H18ClN3O2S. The smallest absolute Gasteiger partial charge is 0.321 e. The molecule has 0 spiro atoms. The van der Waals surface area contributed by atoms with Crippen LogP contribution in [0.1, 0.15) is 16.5 Å². The Morgan fingerprint density at radius 2 is 2.07 bits per heavy atom. The van der Waals surface area contributed by atoms with Gasteiger partial charge in [-0.3, -0.25) is 4.79 Å². The molecule has 0 aliphatic carbocycles. The van der Waals surface area contributed by atoms with Crippen molar-refractivity contribution in [3.63, 3.8) is 0 Å². The number of hydrogen-bond donors (Lipinski definition) is 1. The zero-order valence-electron chi connectivity index (χ0n) is 14.6. The number of anilines is 1. The quantitative estimate of drug-likeness (QED) is 0.527. The van der Waals surface area contributed by atoms with Gasteiger partial charge in [-0.05, 0) is 30.2 Å². The van der Waals surface area contributed by atoms with Crippen LogP contribution in [0.3, 0.4) is 0 Å². The molecule has 3 heterocycles. The topological polar surface area (TPSA) is 54.5 Å². The molecule has 1 saturated heterocycles. The molecule has 2 aliphatic heterocycles. The van der Waals surface area contributed by atoms with E-state index in [9.17, 15) is 4.79 Å². The molecule has 0 amide bonds. The Kier molecular flexibility index (Phi) is 4.27. The first-order valence-corrected chi connectivity index (χ1v) is 10.2. The van der Waals surface area contributed by atoms with E-state index in [1.165, 1.54) is 11.3 Å². The van der Waals surface area contributed by atoms with Crippen LogP contribution in [0.5, 0.6) is 5.75 Å². The molecule has 7 heteroatoms. The van der Waals surface area contributed by atoms with Crippen molar-refractivity contribution >= 4 is 44.8 Å². The van der Waals surface area contributed by atoms with E-state index in [2.05, 4.69) is 27.3 Å². The van der Waals surface area contributed by atoms with Gasteiger partial charge in [-0.15, -0.1) is 11.3 Å². The summed E-state index contributed by atoms with van der Waals surface area (Å²) in [6, 6.07) is 11.8. The van der Waals surface area contributed by atoms with Gasteiger partial charge in [-0.1, -0.05) is 23.7 Å². The van der Waals surface area contributed by atoms with Gasteiger partial charge < -0.3 is 15.0 Å². The fourth-order valence-electron chi connectivity index (χ4n) is 3.68. The van der Waals surface area contributed by atoms with Crippen LogP contribution in [0.4, 0.5) is 5.69 Å². The molecule has 1 N–H and O–H groups in total. The van der Waals surface area contributed by atoms with Gasteiger partial charge in [0.1, 0.15) is 16.7 Å². The summed E-state index contributed by atoms with van der Waals surface area (Å²) in [7, 11) is 0. The summed E-state index contributed by atoms with van der Waals surface area (Å²) < 4.78 is 6.63. The van der Waals surface area contributed by atoms with Crippen LogP contribution in [0.15, 0.2) is 36.4 Å². The Labute approximate surface area is 165 Å². The average Bonchev–Trinajstić information content (AvgIpc) is 3.13. The van der Waals surface area contributed by atoms with E-state index in [1.54, 1.807) is 0 Å². The number of halogens is 1. The summed E-state index contributed by atoms with van der Waals surface area (Å²) >= 11 is 7.74. The number of nitrogens with one attached hydrogen (secondary N) is 1. The largest absolute Gasteiger partial charge is 0.426 e. The normalized spacial score (nSPS) is 19.8. The van der Waals surface area contributed by atoms with Crippen molar-refractivity contribution in [2.75, 3.05) is 31.1 Å². The first-order valence-electron chi connectivity index (χ1n) is 9.04. The SMILES string of the molecule is O=C1Oc2cc(N3CCNCC3)ccc2CC1c1nc2cccc(Cl)c2s1. The van der Waals surface area contributed by atoms with Crippen LogP contribution in [0.25, 0.3) is 10.2 Å². The van der Waals surface area contributed by atoms with Crippen molar-refractivity contribution in [3.05, 3.63) is 52.0 Å². The monoisotopic (exact) mass is 399 g/mol. The minimum absolute atomic E-state index is 0.241. The van der Waals surface area contributed by atoms with Crippen molar-refractivity contribution in [2.24, 2.45) is 0 Å². The highest BCUT2D eigenvalue weighted by Crippen LogP contribution is 2.39. The molecule has 0 saturated carbocycles. The van der Waals surface area contributed by atoms with Crippen LogP contribution < -0.4 is 15.0 Å². The highest BCUT2D eigenvalue weighted by atomic mass is 35.5. The van der Waals surface area contributed by atoms with Gasteiger partial charge in [0.15, 0.2) is 0 Å². The number of piperazine rings is 1. The molecule has 1 aromatic heterocycles. The number of fused-ring (bicyclic) bond motifs is 2. The van der Waals surface area contributed by atoms with Crippen molar-refractivity contribution < 1.29 is 9.53 Å². The number of ether oxygens (including phenoxy) is 1. The van der Waals surface area contributed by atoms with Gasteiger partial charge >= 0.3 is 5.97 Å². The van der Waals surface area contributed by atoms with Gasteiger partial charge in [-0.2, -0.15) is 0 Å². The third-order valence-corrected chi connectivity index (χ3v) is 6.78. The van der Waals surface area contributed by atoms with Crippen LogP contribution in [0.2, 0.25) is 5.02 Å². The lowest BCUT2D eigenvalue weighted by atomic mass is 9.96. The highest BCUT2D eigenvalue weighted by molar-refractivity contribution is 7.19. The lowest BCUT2D eigenvalue weighted by Gasteiger charge is -2.31. The Hall–Kier alpha value is -2.15. The zero-order valence-corrected chi connectivity index (χ0v) is 16.1. The van der Waals surface area contributed by atoms with E-state index in [1.807, 2.05) is 24.3 Å². The summed E-state index contributed by atoms with van der Waals surface area (Å²) in [6.07, 6.45) is 0.605. The molecule has 0 bridgehead atoms. The number of thiazole rings is 1. The lowest BCUT2D eigenvalue weighted by molar-refractivity contribution is -0.137. The predicted molar refractivity (Wildman–Crippen MR) is 108 cm³/mol. The van der Waals surface area contributed by atoms with E-state index in [-0.39, 0.29) is 11.9 Å². The summed E-state index contributed by atoms with van der Waals surface area (Å²) in [4.78, 5) is 19.6. The maximum Gasteiger partial charge on any atom is 0.321 e. The molecule has 138 valence electrons. The molecule has 2 aromatic carbocycles. The second-order valence-corrected chi connectivity index (χ2v) is 8.28. The van der Waals surface area contributed by atoms with Gasteiger partial charge in [0.2, 0.25) is 0 Å². The van der Waals surface area contributed by atoms with E-state index in [0.29, 0.717) is 17.2 Å². The number of carbonyl (C=O) groups excluding carboxylic acids is 1. The van der Waals surface area contributed by atoms with Crippen molar-refractivity contribution in [2.45, 2.75) is 12.3 Å². The Balaban J connectivity index is 1.45. The Bertz CT molecular complexity index is 1030. The van der Waals surface area contributed by atoms with Crippen molar-refractivity contribution in [3.8, 4) is 5.75 Å². The number of hydrogen-bond acceptors (Lipinski definition) is 6. The van der Waals surface area contributed by atoms with Crippen LogP contribution in [-0.2, 0) is 11.2 Å². The van der Waals surface area contributed by atoms with E-state index >= 15 is 0 Å². The third kappa shape index (κ3) is 3.08. The molecule has 0 radical (unpaired) electrons. The van der Waals surface area contributed by atoms with Crippen LogP contribution >= 0.6 is 22.9 Å². The number of nitrogens with zero attached hydrogens (tertiary/aromatic N) is 2. The average molecular weight is 400 g/mol. The molecule has 1 atom stereocenters. The summed E-state index contributed by atoms with van der Waals surface area (Å²) in [5.74, 6) is 0.0533. The van der Waals surface area contributed by atoms with Gasteiger partial charge in [0.25, 0.3) is 0 Å². The molecular weight excluding hydrogens is 382 g/mol. The second-order valence-electron chi connectivity index (χ2n) is 6.85. The van der Waals surface area contributed by atoms with Crippen LogP contribution in [-0.4, -0.2) is 37.1 Å². The highest BCUT2D eigenvalue weighted by Gasteiger charge is 2.33. The molecule has 1 unspecified atom stereocenters. The molecule has 5 rings (SSSR count). The zero-order chi connectivity index (χ0) is 18.4. The molecule has 1 fully saturated rings. The standard InChI is InChI=1S/C20H18ClN3O2S/c21-15-2-1-3-16-18(15)27-19(23-16)14-10-12-4-5-13(11-17(12)26-20(14)25)24-8-6-22-7-9-24/h1-5,11,14,22H,6-10H2.